The van der Waals surface area contributed by atoms with Crippen LogP contribution in [0.4, 0.5) is 5.69 Å². The van der Waals surface area contributed by atoms with Gasteiger partial charge in [0.25, 0.3) is 5.69 Å². The second-order valence-corrected chi connectivity index (χ2v) is 5.64. The van der Waals surface area contributed by atoms with Crippen molar-refractivity contribution in [1.29, 1.82) is 0 Å². The SMILES string of the molecule is O=[N+]([O-])c1cccc(-c2ccc(C(Cl)c3ccccc3)cc2)c1. The highest BCUT2D eigenvalue weighted by Gasteiger charge is 2.11. The van der Waals surface area contributed by atoms with Crippen molar-refractivity contribution in [2.75, 3.05) is 0 Å². The van der Waals surface area contributed by atoms with Crippen molar-refractivity contribution in [3.05, 3.63) is 100 Å². The molecular weight excluding hydrogens is 310 g/mol. The molecule has 0 aliphatic rings. The second kappa shape index (κ2) is 6.63. The largest absolute Gasteiger partial charge is 0.270 e. The molecule has 0 bridgehead atoms. The normalized spacial score (nSPS) is 11.9. The van der Waals surface area contributed by atoms with E-state index in [9.17, 15) is 10.1 Å². The topological polar surface area (TPSA) is 43.1 Å². The number of nitrogens with zero attached hydrogens (tertiary/aromatic N) is 1. The quantitative estimate of drug-likeness (QED) is 0.357. The molecule has 0 amide bonds. The van der Waals surface area contributed by atoms with Gasteiger partial charge in [-0.05, 0) is 22.3 Å². The average Bonchev–Trinajstić information content (AvgIpc) is 2.62. The number of alkyl halides is 1. The molecule has 0 N–H and O–H groups in total. The molecule has 0 fully saturated rings. The maximum Gasteiger partial charge on any atom is 0.270 e. The predicted octanol–water partition coefficient (Wildman–Crippen LogP) is 5.59. The first-order valence-corrected chi connectivity index (χ1v) is 7.62. The van der Waals surface area contributed by atoms with Gasteiger partial charge in [0.05, 0.1) is 10.3 Å². The summed E-state index contributed by atoms with van der Waals surface area (Å²) in [4.78, 5) is 10.5. The fourth-order valence-electron chi connectivity index (χ4n) is 2.46. The molecule has 3 aromatic rings. The van der Waals surface area contributed by atoms with Gasteiger partial charge in [0.1, 0.15) is 0 Å². The highest BCUT2D eigenvalue weighted by atomic mass is 35.5. The van der Waals surface area contributed by atoms with Crippen molar-refractivity contribution in [2.45, 2.75) is 5.38 Å². The molecule has 4 heteroatoms. The third kappa shape index (κ3) is 3.41. The Kier molecular flexibility index (Phi) is 4.40. The molecule has 3 nitrogen and oxygen atoms in total. The van der Waals surface area contributed by atoms with E-state index in [1.807, 2.05) is 60.7 Å². The van der Waals surface area contributed by atoms with Crippen LogP contribution in [0.3, 0.4) is 0 Å². The van der Waals surface area contributed by atoms with Crippen LogP contribution in [-0.2, 0) is 0 Å². The van der Waals surface area contributed by atoms with Crippen molar-refractivity contribution < 1.29 is 4.92 Å². The Morgan fingerprint density at radius 3 is 2.09 bits per heavy atom. The number of hydrogen-bond donors (Lipinski definition) is 0. The van der Waals surface area contributed by atoms with Gasteiger partial charge >= 0.3 is 0 Å². The Labute approximate surface area is 139 Å². The summed E-state index contributed by atoms with van der Waals surface area (Å²) in [6.45, 7) is 0. The molecule has 23 heavy (non-hydrogen) atoms. The zero-order valence-electron chi connectivity index (χ0n) is 12.2. The van der Waals surface area contributed by atoms with Gasteiger partial charge in [0, 0.05) is 12.1 Å². The first-order valence-electron chi connectivity index (χ1n) is 7.19. The maximum absolute atomic E-state index is 10.9. The van der Waals surface area contributed by atoms with E-state index in [4.69, 9.17) is 11.6 Å². The van der Waals surface area contributed by atoms with E-state index in [2.05, 4.69) is 0 Å². The molecule has 0 saturated heterocycles. The van der Waals surface area contributed by atoms with Crippen LogP contribution in [0.2, 0.25) is 0 Å². The molecular formula is C19H14ClNO2. The maximum atomic E-state index is 10.9. The average molecular weight is 324 g/mol. The number of non-ortho nitro benzene ring substituents is 1. The highest BCUT2D eigenvalue weighted by Crippen LogP contribution is 2.31. The molecule has 1 atom stereocenters. The number of nitro benzene ring substituents is 1. The lowest BCUT2D eigenvalue weighted by Crippen LogP contribution is -1.93. The summed E-state index contributed by atoms with van der Waals surface area (Å²) in [6.07, 6.45) is 0. The van der Waals surface area contributed by atoms with Crippen LogP contribution in [0.15, 0.2) is 78.9 Å². The number of rotatable bonds is 4. The van der Waals surface area contributed by atoms with E-state index in [-0.39, 0.29) is 16.0 Å². The van der Waals surface area contributed by atoms with E-state index >= 15 is 0 Å². The first kappa shape index (κ1) is 15.3. The molecule has 0 radical (unpaired) electrons. The Balaban J connectivity index is 1.88. The standard InChI is InChI=1S/C19H14ClNO2/c20-19(15-5-2-1-3-6-15)16-11-9-14(10-12-16)17-7-4-8-18(13-17)21(22)23/h1-13,19H. The Morgan fingerprint density at radius 2 is 1.43 bits per heavy atom. The minimum Gasteiger partial charge on any atom is -0.258 e. The number of nitro groups is 1. The van der Waals surface area contributed by atoms with Gasteiger partial charge in [0.2, 0.25) is 0 Å². The third-order valence-corrected chi connectivity index (χ3v) is 4.19. The lowest BCUT2D eigenvalue weighted by atomic mass is 10.00. The molecule has 3 rings (SSSR count). The van der Waals surface area contributed by atoms with E-state index in [0.717, 1.165) is 22.3 Å². The van der Waals surface area contributed by atoms with E-state index in [0.29, 0.717) is 0 Å². The number of halogens is 1. The summed E-state index contributed by atoms with van der Waals surface area (Å²) >= 11 is 6.51. The molecule has 0 saturated carbocycles. The zero-order valence-corrected chi connectivity index (χ0v) is 13.0. The summed E-state index contributed by atoms with van der Waals surface area (Å²) in [5.41, 5.74) is 3.86. The van der Waals surface area contributed by atoms with Gasteiger partial charge in [-0.1, -0.05) is 66.7 Å². The lowest BCUT2D eigenvalue weighted by molar-refractivity contribution is -0.384. The van der Waals surface area contributed by atoms with Gasteiger partial charge in [-0.15, -0.1) is 11.6 Å². The van der Waals surface area contributed by atoms with Crippen molar-refractivity contribution >= 4 is 17.3 Å². The van der Waals surface area contributed by atoms with Crippen molar-refractivity contribution in [2.24, 2.45) is 0 Å². The minimum absolute atomic E-state index is 0.0890. The molecule has 0 aromatic heterocycles. The van der Waals surface area contributed by atoms with Crippen LogP contribution >= 0.6 is 11.6 Å². The van der Waals surface area contributed by atoms with E-state index < -0.39 is 0 Å². The lowest BCUT2D eigenvalue weighted by Gasteiger charge is -2.11. The van der Waals surface area contributed by atoms with Crippen LogP contribution in [0.5, 0.6) is 0 Å². The molecule has 3 aromatic carbocycles. The smallest absolute Gasteiger partial charge is 0.258 e. The minimum atomic E-state index is -0.387. The fourth-order valence-corrected chi connectivity index (χ4v) is 2.75. The summed E-state index contributed by atoms with van der Waals surface area (Å²) in [5.74, 6) is 0. The van der Waals surface area contributed by atoms with Gasteiger partial charge in [-0.25, -0.2) is 0 Å². The summed E-state index contributed by atoms with van der Waals surface area (Å²) in [5, 5.41) is 10.7. The fraction of sp³-hybridized carbons (Fsp3) is 0.0526. The van der Waals surface area contributed by atoms with Gasteiger partial charge in [0.15, 0.2) is 0 Å². The van der Waals surface area contributed by atoms with Crippen LogP contribution in [0.25, 0.3) is 11.1 Å². The zero-order chi connectivity index (χ0) is 16.2. The van der Waals surface area contributed by atoms with Gasteiger partial charge in [-0.2, -0.15) is 0 Å². The molecule has 0 heterocycles. The van der Waals surface area contributed by atoms with E-state index in [1.165, 1.54) is 6.07 Å². The summed E-state index contributed by atoms with van der Waals surface area (Å²) < 4.78 is 0. The van der Waals surface area contributed by atoms with Gasteiger partial charge < -0.3 is 0 Å². The van der Waals surface area contributed by atoms with Crippen LogP contribution < -0.4 is 0 Å². The number of hydrogen-bond acceptors (Lipinski definition) is 2. The van der Waals surface area contributed by atoms with Crippen LogP contribution in [0, 0.1) is 10.1 Å². The number of benzene rings is 3. The predicted molar refractivity (Wildman–Crippen MR) is 92.7 cm³/mol. The van der Waals surface area contributed by atoms with Crippen LogP contribution in [-0.4, -0.2) is 4.92 Å². The van der Waals surface area contributed by atoms with Gasteiger partial charge in [-0.3, -0.25) is 10.1 Å². The molecule has 114 valence electrons. The first-order chi connectivity index (χ1) is 11.1. The highest BCUT2D eigenvalue weighted by molar-refractivity contribution is 6.22. The molecule has 0 aliphatic heterocycles. The second-order valence-electron chi connectivity index (χ2n) is 5.20. The monoisotopic (exact) mass is 323 g/mol. The Hall–Kier alpha value is -2.65. The van der Waals surface area contributed by atoms with Crippen molar-refractivity contribution in [1.82, 2.24) is 0 Å². The van der Waals surface area contributed by atoms with Crippen molar-refractivity contribution in [3.8, 4) is 11.1 Å². The summed E-state index contributed by atoms with van der Waals surface area (Å²) in [7, 11) is 0. The van der Waals surface area contributed by atoms with Crippen molar-refractivity contribution in [3.63, 3.8) is 0 Å². The Bertz CT molecular complexity index is 816. The molecule has 1 unspecified atom stereocenters. The van der Waals surface area contributed by atoms with E-state index in [1.54, 1.807) is 12.1 Å². The summed E-state index contributed by atoms with van der Waals surface area (Å²) in [6, 6.07) is 24.3. The van der Waals surface area contributed by atoms with Crippen LogP contribution in [0.1, 0.15) is 16.5 Å². The molecule has 0 aliphatic carbocycles. The third-order valence-electron chi connectivity index (χ3n) is 3.69. The Morgan fingerprint density at radius 1 is 0.783 bits per heavy atom. The molecule has 0 spiro atoms.